The first-order chi connectivity index (χ1) is 38.4. The van der Waals surface area contributed by atoms with Gasteiger partial charge in [-0.3, -0.25) is 52.3 Å². The molecule has 37 heteroatoms. The molecular formula is C45H62F4N14O19. The molecule has 2 saturated heterocycles. The summed E-state index contributed by atoms with van der Waals surface area (Å²) in [4.78, 5) is 158. The van der Waals surface area contributed by atoms with E-state index in [4.69, 9.17) is 24.4 Å². The number of alkyl halides is 4. The SMILES string of the molecule is CC(C)(C)OC(=O)NCCCC(=O)N(CCC(=O)NCC(=O)NCC(=O)NCC(=O)Nc1ccn([C@@H]2O[C@H](CO)[C@@H](O)C2(F)F)c(=O)n1)CCC(=O)NCC(=O)NCC(=O)NCC(=O)Nc1ccn([C@@H]2O[C@H](CO)[C@@H](O)C2(F)F)c(=O)n1. The highest BCUT2D eigenvalue weighted by Gasteiger charge is 2.60. The summed E-state index contributed by atoms with van der Waals surface area (Å²) in [5.74, 6) is -16.2. The second-order valence-corrected chi connectivity index (χ2v) is 18.8. The van der Waals surface area contributed by atoms with Gasteiger partial charge in [-0.05, 0) is 39.3 Å². The molecule has 0 bridgehead atoms. The number of rotatable bonds is 28. The second kappa shape index (κ2) is 30.0. The summed E-state index contributed by atoms with van der Waals surface area (Å²) in [7, 11) is 0. The van der Waals surface area contributed by atoms with Gasteiger partial charge < -0.3 is 87.4 Å². The van der Waals surface area contributed by atoms with Gasteiger partial charge in [-0.15, -0.1) is 0 Å². The summed E-state index contributed by atoms with van der Waals surface area (Å²) >= 11 is 0. The molecule has 2 fully saturated rings. The first-order valence-electron chi connectivity index (χ1n) is 24.7. The monoisotopic (exact) mass is 1180 g/mol. The average molecular weight is 1180 g/mol. The maximum absolute atomic E-state index is 14.5. The number of aliphatic hydroxyl groups excluding tert-OH is 4. The third-order valence-electron chi connectivity index (χ3n) is 11.3. The molecule has 4 rings (SSSR count). The van der Waals surface area contributed by atoms with Gasteiger partial charge in [0.05, 0.1) is 52.5 Å². The van der Waals surface area contributed by atoms with E-state index in [0.717, 1.165) is 29.4 Å². The molecule has 0 aliphatic carbocycles. The molecule has 454 valence electrons. The zero-order valence-corrected chi connectivity index (χ0v) is 44.0. The highest BCUT2D eigenvalue weighted by Crippen LogP contribution is 2.43. The molecule has 10 amide bonds. The van der Waals surface area contributed by atoms with Crippen LogP contribution in [0.2, 0.25) is 0 Å². The summed E-state index contributed by atoms with van der Waals surface area (Å²) in [5.41, 5.74) is -3.42. The Bertz CT molecular complexity index is 2620. The summed E-state index contributed by atoms with van der Waals surface area (Å²) in [6.07, 6.45) is -12.8. The number of hydrogen-bond donors (Lipinski definition) is 13. The Hall–Kier alpha value is -8.26. The second-order valence-electron chi connectivity index (χ2n) is 18.8. The summed E-state index contributed by atoms with van der Waals surface area (Å²) in [6, 6.07) is 1.90. The van der Waals surface area contributed by atoms with E-state index < -0.39 is 202 Å². The standard InChI is InChI=1S/C45H62F4N14O19/c1-43(2,3)82-42(79)50-10-4-5-35(74)61(11-8-27(66)51-15-29(68)53-17-31(70)55-19-33(72)57-25-6-13-62(40(77)59-25)38-44(46,47)36(75)23(21-64)80-38)12-9-28(67)52-16-30(69)54-18-32(71)56-20-34(73)58-26-7-14-63(41(78)60-26)39-45(48,49)37(76)24(22-65)81-39/h6-7,13-14,23-24,36-39,64-65,75-76H,4-5,8-12,15-22H2,1-3H3,(H,50,79)(H,51,66)(H,52,67)(H,53,68)(H,54,69)(H,55,70)(H,56,71)(H,57,59,72,77)(H,58,60,73,78)/t23-,24-,36-,37-,38-,39-/m1/s1. The van der Waals surface area contributed by atoms with Gasteiger partial charge in [0.25, 0.3) is 0 Å². The van der Waals surface area contributed by atoms with Crippen LogP contribution in [-0.2, 0) is 57.4 Å². The molecule has 0 aromatic carbocycles. The lowest BCUT2D eigenvalue weighted by Crippen LogP contribution is -2.44. The van der Waals surface area contributed by atoms with Crippen LogP contribution in [0.15, 0.2) is 34.1 Å². The average Bonchev–Trinajstić information content (AvgIpc) is 3.96. The molecule has 4 heterocycles. The Kier molecular flexibility index (Phi) is 24.2. The predicted octanol–water partition coefficient (Wildman–Crippen LogP) is -6.24. The minimum absolute atomic E-state index is 0.0108. The zero-order valence-electron chi connectivity index (χ0n) is 44.0. The van der Waals surface area contributed by atoms with Crippen LogP contribution in [-0.4, -0.2) is 218 Å². The first-order valence-corrected chi connectivity index (χ1v) is 24.7. The van der Waals surface area contributed by atoms with Gasteiger partial charge in [0.1, 0.15) is 29.4 Å². The van der Waals surface area contributed by atoms with Crippen LogP contribution >= 0.6 is 0 Å². The number of carbonyl (C=O) groups is 10. The highest BCUT2D eigenvalue weighted by molar-refractivity contribution is 5.96. The number of alkyl carbamates (subject to hydrolysis) is 1. The lowest BCUT2D eigenvalue weighted by molar-refractivity contribution is -0.141. The lowest BCUT2D eigenvalue weighted by Gasteiger charge is -2.23. The number of hydrogen-bond acceptors (Lipinski definition) is 21. The normalized spacial score (nSPS) is 19.6. The fourth-order valence-electron chi connectivity index (χ4n) is 7.17. The molecular weight excluding hydrogens is 1120 g/mol. The van der Waals surface area contributed by atoms with Crippen molar-refractivity contribution in [3.05, 3.63) is 45.5 Å². The molecule has 13 N–H and O–H groups in total. The largest absolute Gasteiger partial charge is 0.444 e. The third kappa shape index (κ3) is 20.1. The number of carbonyl (C=O) groups excluding carboxylic acids is 10. The van der Waals surface area contributed by atoms with E-state index in [0.29, 0.717) is 9.13 Å². The molecule has 2 aromatic heterocycles. The molecule has 82 heavy (non-hydrogen) atoms. The van der Waals surface area contributed by atoms with Gasteiger partial charge in [0.2, 0.25) is 65.6 Å². The van der Waals surface area contributed by atoms with Crippen molar-refractivity contribution in [1.82, 2.24) is 61.2 Å². The quantitative estimate of drug-likeness (QED) is 0.0278. The van der Waals surface area contributed by atoms with E-state index >= 15 is 0 Å². The zero-order chi connectivity index (χ0) is 61.1. The Morgan fingerprint density at radius 1 is 0.585 bits per heavy atom. The van der Waals surface area contributed by atoms with E-state index in [9.17, 15) is 85.3 Å². The van der Waals surface area contributed by atoms with Gasteiger partial charge in [-0.2, -0.15) is 27.5 Å². The summed E-state index contributed by atoms with van der Waals surface area (Å²) in [5, 5.41) is 57.8. The topological polar surface area (TPSA) is 461 Å². The van der Waals surface area contributed by atoms with Crippen LogP contribution in [0.4, 0.5) is 34.0 Å². The lowest BCUT2D eigenvalue weighted by atomic mass is 10.1. The number of nitrogens with one attached hydrogen (secondary N) is 9. The smallest absolute Gasteiger partial charge is 0.407 e. The molecule has 0 saturated carbocycles. The fourth-order valence-corrected chi connectivity index (χ4v) is 7.17. The van der Waals surface area contributed by atoms with Crippen LogP contribution in [0.25, 0.3) is 0 Å². The Morgan fingerprint density at radius 2 is 0.939 bits per heavy atom. The van der Waals surface area contributed by atoms with Crippen molar-refractivity contribution in [2.24, 2.45) is 0 Å². The van der Waals surface area contributed by atoms with Gasteiger partial charge >= 0.3 is 29.3 Å². The van der Waals surface area contributed by atoms with Gasteiger partial charge in [0.15, 0.2) is 12.2 Å². The summed E-state index contributed by atoms with van der Waals surface area (Å²) in [6.45, 7) is -1.66. The van der Waals surface area contributed by atoms with E-state index in [1.165, 1.54) is 0 Å². The number of halogens is 4. The Balaban J connectivity index is 1.16. The number of aliphatic hydroxyl groups is 4. The van der Waals surface area contributed by atoms with Crippen molar-refractivity contribution in [3.63, 3.8) is 0 Å². The molecule has 0 radical (unpaired) electrons. The maximum Gasteiger partial charge on any atom is 0.407 e. The maximum atomic E-state index is 14.5. The predicted molar refractivity (Wildman–Crippen MR) is 265 cm³/mol. The van der Waals surface area contributed by atoms with E-state index in [2.05, 4.69) is 57.8 Å². The Labute approximate surface area is 460 Å². The number of amides is 10. The highest BCUT2D eigenvalue weighted by atomic mass is 19.3. The van der Waals surface area contributed by atoms with Crippen LogP contribution in [0, 0.1) is 0 Å². The number of anilines is 2. The van der Waals surface area contributed by atoms with Crippen molar-refractivity contribution >= 4 is 70.9 Å². The number of ether oxygens (including phenoxy) is 3. The molecule has 33 nitrogen and oxygen atoms in total. The number of aromatic nitrogens is 4. The van der Waals surface area contributed by atoms with Crippen molar-refractivity contribution < 1.29 is 100 Å². The third-order valence-corrected chi connectivity index (χ3v) is 11.3. The van der Waals surface area contributed by atoms with Gasteiger partial charge in [-0.25, -0.2) is 14.4 Å². The van der Waals surface area contributed by atoms with E-state index in [1.54, 1.807) is 20.8 Å². The van der Waals surface area contributed by atoms with Gasteiger partial charge in [-0.1, -0.05) is 0 Å². The summed E-state index contributed by atoms with van der Waals surface area (Å²) < 4.78 is 73.4. The molecule has 0 spiro atoms. The molecule has 2 aliphatic rings. The first kappa shape index (κ1) is 66.3. The fraction of sp³-hybridized carbons (Fsp3) is 0.600. The molecule has 2 aliphatic heterocycles. The van der Waals surface area contributed by atoms with Crippen LogP contribution in [0.3, 0.4) is 0 Å². The van der Waals surface area contributed by atoms with E-state index in [-0.39, 0.29) is 32.5 Å². The van der Waals surface area contributed by atoms with Gasteiger partial charge in [0, 0.05) is 51.3 Å². The van der Waals surface area contributed by atoms with Crippen molar-refractivity contribution in [2.75, 3.05) is 82.8 Å². The molecule has 2 aromatic rings. The van der Waals surface area contributed by atoms with Crippen molar-refractivity contribution in [1.29, 1.82) is 0 Å². The van der Waals surface area contributed by atoms with E-state index in [1.807, 2.05) is 0 Å². The minimum Gasteiger partial charge on any atom is -0.444 e. The van der Waals surface area contributed by atoms with Crippen molar-refractivity contribution in [3.8, 4) is 0 Å². The van der Waals surface area contributed by atoms with Crippen molar-refractivity contribution in [2.45, 2.75) is 101 Å². The molecule has 6 atom stereocenters. The minimum atomic E-state index is -3.98. The Morgan fingerprint density at radius 3 is 1.27 bits per heavy atom. The molecule has 0 unspecified atom stereocenters. The van der Waals surface area contributed by atoms with Crippen LogP contribution < -0.4 is 59.2 Å². The van der Waals surface area contributed by atoms with Crippen LogP contribution in [0.1, 0.15) is 58.9 Å². The number of nitrogens with zero attached hydrogens (tertiary/aromatic N) is 5. The van der Waals surface area contributed by atoms with Crippen LogP contribution in [0.5, 0.6) is 0 Å².